The molecule has 1 amide bonds. The van der Waals surface area contributed by atoms with Crippen LogP contribution in [0.4, 0.5) is 0 Å². The first kappa shape index (κ1) is 22.6. The van der Waals surface area contributed by atoms with Gasteiger partial charge in [0.25, 0.3) is 5.91 Å². The first-order chi connectivity index (χ1) is 17.2. The lowest BCUT2D eigenvalue weighted by Crippen LogP contribution is -2.38. The number of nitrogens with zero attached hydrogens (tertiary/aromatic N) is 5. The van der Waals surface area contributed by atoms with Gasteiger partial charge in [-0.1, -0.05) is 18.2 Å². The van der Waals surface area contributed by atoms with Gasteiger partial charge in [-0.15, -0.1) is 0 Å². The number of carbonyl (C=O) groups excluding carboxylic acids is 1. The van der Waals surface area contributed by atoms with Crippen molar-refractivity contribution in [2.75, 3.05) is 20.2 Å². The normalized spacial score (nSPS) is 14.0. The number of piperidine rings is 1. The van der Waals surface area contributed by atoms with Crippen molar-refractivity contribution in [3.05, 3.63) is 96.2 Å². The third kappa shape index (κ3) is 5.32. The Morgan fingerprint density at radius 3 is 2.51 bits per heavy atom. The van der Waals surface area contributed by atoms with Gasteiger partial charge in [-0.2, -0.15) is 5.10 Å². The lowest BCUT2D eigenvalue weighted by Gasteiger charge is -2.32. The Kier molecular flexibility index (Phi) is 6.70. The molecule has 0 bridgehead atoms. The molecule has 1 aliphatic rings. The quantitative estimate of drug-likeness (QED) is 0.395. The number of amides is 1. The summed E-state index contributed by atoms with van der Waals surface area (Å²) in [5.74, 6) is 2.19. The summed E-state index contributed by atoms with van der Waals surface area (Å²) < 4.78 is 12.9. The Labute approximate surface area is 204 Å². The van der Waals surface area contributed by atoms with E-state index in [1.165, 1.54) is 0 Å². The van der Waals surface area contributed by atoms with E-state index in [9.17, 15) is 4.79 Å². The molecule has 1 saturated heterocycles. The van der Waals surface area contributed by atoms with Gasteiger partial charge in [-0.25, -0.2) is 4.98 Å². The Morgan fingerprint density at radius 1 is 1.00 bits per heavy atom. The summed E-state index contributed by atoms with van der Waals surface area (Å²) in [5, 5.41) is 4.27. The van der Waals surface area contributed by atoms with E-state index < -0.39 is 0 Å². The van der Waals surface area contributed by atoms with Crippen LogP contribution in [0.5, 0.6) is 17.4 Å². The molecule has 3 heterocycles. The number of aromatic nitrogens is 4. The van der Waals surface area contributed by atoms with Crippen molar-refractivity contribution in [2.24, 2.45) is 0 Å². The van der Waals surface area contributed by atoms with Gasteiger partial charge in [0.2, 0.25) is 5.88 Å². The molecular formula is C27H27N5O3. The molecule has 0 radical (unpaired) electrons. The van der Waals surface area contributed by atoms with Gasteiger partial charge in [-0.05, 0) is 54.8 Å². The molecule has 8 nitrogen and oxygen atoms in total. The fourth-order valence-corrected chi connectivity index (χ4v) is 4.36. The van der Waals surface area contributed by atoms with Gasteiger partial charge in [0.05, 0.1) is 25.5 Å². The second-order valence-corrected chi connectivity index (χ2v) is 8.49. The highest BCUT2D eigenvalue weighted by Crippen LogP contribution is 2.29. The van der Waals surface area contributed by atoms with Crippen molar-refractivity contribution in [3.63, 3.8) is 0 Å². The number of hydrogen-bond donors (Lipinski definition) is 0. The first-order valence-electron chi connectivity index (χ1n) is 11.7. The van der Waals surface area contributed by atoms with Crippen LogP contribution in [0.1, 0.15) is 40.4 Å². The Hall–Kier alpha value is -4.20. The van der Waals surface area contributed by atoms with Crippen molar-refractivity contribution >= 4 is 5.91 Å². The van der Waals surface area contributed by atoms with E-state index in [1.54, 1.807) is 25.7 Å². The molecule has 1 fully saturated rings. The van der Waals surface area contributed by atoms with Crippen LogP contribution >= 0.6 is 0 Å². The molecule has 0 N–H and O–H groups in total. The molecule has 0 unspecified atom stereocenters. The molecular weight excluding hydrogens is 442 g/mol. The zero-order valence-electron chi connectivity index (χ0n) is 19.6. The summed E-state index contributed by atoms with van der Waals surface area (Å²) in [4.78, 5) is 24.3. The minimum absolute atomic E-state index is 0.0638. The molecule has 4 aromatic rings. The molecule has 1 aliphatic heterocycles. The van der Waals surface area contributed by atoms with Crippen molar-refractivity contribution < 1.29 is 14.3 Å². The molecule has 35 heavy (non-hydrogen) atoms. The SMILES string of the molecule is COc1ccc(Oc2cncc(C3CCN(C(=O)c4ccccc4Cn4cccn4)CC3)n2)cc1. The van der Waals surface area contributed by atoms with Gasteiger partial charge in [-0.3, -0.25) is 14.5 Å². The third-order valence-electron chi connectivity index (χ3n) is 6.25. The van der Waals surface area contributed by atoms with E-state index in [-0.39, 0.29) is 11.8 Å². The zero-order valence-corrected chi connectivity index (χ0v) is 19.6. The molecule has 2 aromatic carbocycles. The van der Waals surface area contributed by atoms with E-state index in [2.05, 4.69) is 15.1 Å². The van der Waals surface area contributed by atoms with Crippen molar-refractivity contribution in [3.8, 4) is 17.4 Å². The maximum absolute atomic E-state index is 13.3. The van der Waals surface area contributed by atoms with Gasteiger partial charge in [0.1, 0.15) is 11.5 Å². The maximum Gasteiger partial charge on any atom is 0.254 e. The fourth-order valence-electron chi connectivity index (χ4n) is 4.36. The fraction of sp³-hybridized carbons (Fsp3) is 0.259. The predicted octanol–water partition coefficient (Wildman–Crippen LogP) is 4.54. The number of benzene rings is 2. The number of rotatable bonds is 7. The minimum Gasteiger partial charge on any atom is -0.497 e. The van der Waals surface area contributed by atoms with Crippen LogP contribution in [-0.2, 0) is 6.54 Å². The van der Waals surface area contributed by atoms with E-state index in [4.69, 9.17) is 9.47 Å². The molecule has 0 aliphatic carbocycles. The monoisotopic (exact) mass is 469 g/mol. The molecule has 0 atom stereocenters. The summed E-state index contributed by atoms with van der Waals surface area (Å²) in [6, 6.07) is 17.0. The lowest BCUT2D eigenvalue weighted by atomic mass is 9.93. The number of likely N-dealkylation sites (tertiary alicyclic amines) is 1. The zero-order chi connectivity index (χ0) is 24.0. The standard InChI is InChI=1S/C27H27N5O3/c1-34-22-7-9-23(10-8-22)35-26-18-28-17-25(30-26)20-11-15-31(16-12-20)27(33)24-6-3-2-5-21(24)19-32-14-4-13-29-32/h2-10,13-14,17-18,20H,11-12,15-16,19H2,1H3. The number of hydrogen-bond acceptors (Lipinski definition) is 6. The van der Waals surface area contributed by atoms with Crippen LogP contribution in [0.2, 0.25) is 0 Å². The summed E-state index contributed by atoms with van der Waals surface area (Å²) >= 11 is 0. The highest BCUT2D eigenvalue weighted by molar-refractivity contribution is 5.95. The van der Waals surface area contributed by atoms with Crippen LogP contribution in [0, 0.1) is 0 Å². The van der Waals surface area contributed by atoms with Crippen LogP contribution in [0.25, 0.3) is 0 Å². The van der Waals surface area contributed by atoms with E-state index in [0.29, 0.717) is 31.3 Å². The molecule has 8 heteroatoms. The van der Waals surface area contributed by atoms with Gasteiger partial charge < -0.3 is 14.4 Å². The topological polar surface area (TPSA) is 82.4 Å². The van der Waals surface area contributed by atoms with Crippen LogP contribution in [-0.4, -0.2) is 50.8 Å². The highest BCUT2D eigenvalue weighted by atomic mass is 16.5. The van der Waals surface area contributed by atoms with E-state index in [1.807, 2.05) is 70.4 Å². The van der Waals surface area contributed by atoms with Crippen LogP contribution in [0.3, 0.4) is 0 Å². The Bertz CT molecular complexity index is 1270. The average molecular weight is 470 g/mol. The number of carbonyl (C=O) groups is 1. The third-order valence-corrected chi connectivity index (χ3v) is 6.25. The molecule has 5 rings (SSSR count). The second-order valence-electron chi connectivity index (χ2n) is 8.49. The van der Waals surface area contributed by atoms with Crippen molar-refractivity contribution in [1.82, 2.24) is 24.6 Å². The highest BCUT2D eigenvalue weighted by Gasteiger charge is 2.27. The van der Waals surface area contributed by atoms with E-state index in [0.717, 1.165) is 35.4 Å². The van der Waals surface area contributed by atoms with Gasteiger partial charge in [0, 0.05) is 43.2 Å². The van der Waals surface area contributed by atoms with E-state index >= 15 is 0 Å². The smallest absolute Gasteiger partial charge is 0.254 e. The lowest BCUT2D eigenvalue weighted by molar-refractivity contribution is 0.0710. The predicted molar refractivity (Wildman–Crippen MR) is 131 cm³/mol. The summed E-state index contributed by atoms with van der Waals surface area (Å²) in [6.45, 7) is 1.91. The Morgan fingerprint density at radius 2 is 1.77 bits per heavy atom. The second kappa shape index (κ2) is 10.4. The molecule has 2 aromatic heterocycles. The minimum atomic E-state index is 0.0638. The first-order valence-corrected chi connectivity index (χ1v) is 11.7. The van der Waals surface area contributed by atoms with Crippen molar-refractivity contribution in [1.29, 1.82) is 0 Å². The maximum atomic E-state index is 13.3. The van der Waals surface area contributed by atoms with Crippen LogP contribution < -0.4 is 9.47 Å². The summed E-state index contributed by atoms with van der Waals surface area (Å²) in [6.07, 6.45) is 8.71. The average Bonchev–Trinajstić information content (AvgIpc) is 3.42. The van der Waals surface area contributed by atoms with Gasteiger partial charge >= 0.3 is 0 Å². The van der Waals surface area contributed by atoms with Crippen molar-refractivity contribution in [2.45, 2.75) is 25.3 Å². The number of ether oxygens (including phenoxy) is 2. The largest absolute Gasteiger partial charge is 0.497 e. The van der Waals surface area contributed by atoms with Gasteiger partial charge in [0.15, 0.2) is 0 Å². The number of methoxy groups -OCH3 is 1. The molecule has 178 valence electrons. The van der Waals surface area contributed by atoms with Crippen LogP contribution in [0.15, 0.2) is 79.4 Å². The Balaban J connectivity index is 1.22. The molecule has 0 spiro atoms. The summed E-state index contributed by atoms with van der Waals surface area (Å²) in [5.41, 5.74) is 2.59. The summed E-state index contributed by atoms with van der Waals surface area (Å²) in [7, 11) is 1.63. The molecule has 0 saturated carbocycles.